The van der Waals surface area contributed by atoms with Crippen LogP contribution in [0.15, 0.2) is 83.1 Å². The molecule has 174 valence electrons. The van der Waals surface area contributed by atoms with Crippen molar-refractivity contribution in [2.24, 2.45) is 0 Å². The third-order valence-electron chi connectivity index (χ3n) is 4.55. The fourth-order valence-corrected chi connectivity index (χ4v) is 2.83. The Morgan fingerprint density at radius 3 is 2.53 bits per heavy atom. The molecule has 0 saturated heterocycles. The highest BCUT2D eigenvalue weighted by atomic mass is 16.6. The molecule has 0 radical (unpaired) electrons. The minimum atomic E-state index is -1.04. The largest absolute Gasteiger partial charge is 0.459 e. The zero-order chi connectivity index (χ0) is 24.5. The minimum absolute atomic E-state index is 0.0332. The van der Waals surface area contributed by atoms with Gasteiger partial charge >= 0.3 is 5.97 Å². The summed E-state index contributed by atoms with van der Waals surface area (Å²) in [6.07, 6.45) is 2.55. The van der Waals surface area contributed by atoms with Crippen molar-refractivity contribution < 1.29 is 28.5 Å². The van der Waals surface area contributed by atoms with E-state index in [1.54, 1.807) is 24.3 Å². The van der Waals surface area contributed by atoms with Crippen LogP contribution in [0, 0.1) is 10.1 Å². The zero-order valence-corrected chi connectivity index (χ0v) is 18.1. The van der Waals surface area contributed by atoms with Crippen molar-refractivity contribution in [2.45, 2.75) is 19.6 Å². The highest BCUT2D eigenvalue weighted by molar-refractivity contribution is 6.05. The summed E-state index contributed by atoms with van der Waals surface area (Å²) in [5.41, 5.74) is 0.637. The van der Waals surface area contributed by atoms with Gasteiger partial charge in [0.05, 0.1) is 11.2 Å². The molecular formula is C24H21N3O7. The van der Waals surface area contributed by atoms with Crippen LogP contribution < -0.4 is 10.6 Å². The number of nitrogens with one attached hydrogen (secondary N) is 2. The van der Waals surface area contributed by atoms with E-state index in [0.717, 1.165) is 5.56 Å². The maximum absolute atomic E-state index is 12.9. The SMILES string of the molecule is C[C@H](NC(=O)/C(=C/c1cccc([N+](=O)[O-])c1)NC(=O)c1ccco1)C(=O)OCc1ccccc1. The van der Waals surface area contributed by atoms with Gasteiger partial charge in [0, 0.05) is 12.1 Å². The molecule has 0 bridgehead atoms. The van der Waals surface area contributed by atoms with Crippen LogP contribution in [0.5, 0.6) is 0 Å². The fraction of sp³-hybridized carbons (Fsp3) is 0.125. The van der Waals surface area contributed by atoms with Crippen LogP contribution in [0.3, 0.4) is 0 Å². The molecule has 0 aliphatic rings. The topological polar surface area (TPSA) is 141 Å². The Morgan fingerprint density at radius 2 is 1.85 bits per heavy atom. The Hall–Kier alpha value is -4.73. The summed E-state index contributed by atoms with van der Waals surface area (Å²) in [6.45, 7) is 1.47. The summed E-state index contributed by atoms with van der Waals surface area (Å²) in [5, 5.41) is 15.9. The Labute approximate surface area is 194 Å². The summed E-state index contributed by atoms with van der Waals surface area (Å²) in [4.78, 5) is 48.1. The first-order valence-electron chi connectivity index (χ1n) is 10.2. The number of benzene rings is 2. The average molecular weight is 463 g/mol. The molecule has 3 aromatic rings. The van der Waals surface area contributed by atoms with Gasteiger partial charge in [-0.3, -0.25) is 19.7 Å². The van der Waals surface area contributed by atoms with Crippen LogP contribution in [-0.2, 0) is 20.9 Å². The maximum atomic E-state index is 12.9. The molecule has 0 saturated carbocycles. The molecule has 0 fully saturated rings. The van der Waals surface area contributed by atoms with Crippen LogP contribution in [0.2, 0.25) is 0 Å². The molecule has 1 heterocycles. The number of non-ortho nitro benzene ring substituents is 1. The molecule has 0 unspecified atom stereocenters. The van der Waals surface area contributed by atoms with E-state index in [-0.39, 0.29) is 23.8 Å². The molecule has 10 heteroatoms. The maximum Gasteiger partial charge on any atom is 0.328 e. The number of carbonyl (C=O) groups excluding carboxylic acids is 3. The number of nitro groups is 1. The number of hydrogen-bond donors (Lipinski definition) is 2. The number of ether oxygens (including phenoxy) is 1. The molecule has 34 heavy (non-hydrogen) atoms. The van der Waals surface area contributed by atoms with E-state index >= 15 is 0 Å². The summed E-state index contributed by atoms with van der Waals surface area (Å²) < 4.78 is 10.3. The Morgan fingerprint density at radius 1 is 1.09 bits per heavy atom. The number of rotatable bonds is 9. The molecule has 2 aromatic carbocycles. The number of hydrogen-bond acceptors (Lipinski definition) is 7. The van der Waals surface area contributed by atoms with Crippen molar-refractivity contribution in [1.29, 1.82) is 0 Å². The van der Waals surface area contributed by atoms with Crippen LogP contribution in [0.4, 0.5) is 5.69 Å². The predicted octanol–water partition coefficient (Wildman–Crippen LogP) is 3.21. The highest BCUT2D eigenvalue weighted by Gasteiger charge is 2.22. The summed E-state index contributed by atoms with van der Waals surface area (Å²) in [6, 6.07) is 16.4. The molecule has 1 aromatic heterocycles. The van der Waals surface area contributed by atoms with Gasteiger partial charge in [-0.15, -0.1) is 0 Å². The smallest absolute Gasteiger partial charge is 0.328 e. The first-order chi connectivity index (χ1) is 16.3. The lowest BCUT2D eigenvalue weighted by Gasteiger charge is -2.15. The Kier molecular flexibility index (Phi) is 7.90. The lowest BCUT2D eigenvalue weighted by Crippen LogP contribution is -2.43. The number of nitro benzene ring substituents is 1. The Bertz CT molecular complexity index is 1200. The van der Waals surface area contributed by atoms with Crippen LogP contribution >= 0.6 is 0 Å². The highest BCUT2D eigenvalue weighted by Crippen LogP contribution is 2.16. The first-order valence-corrected chi connectivity index (χ1v) is 10.2. The van der Waals surface area contributed by atoms with Gasteiger partial charge in [-0.1, -0.05) is 42.5 Å². The third-order valence-corrected chi connectivity index (χ3v) is 4.55. The lowest BCUT2D eigenvalue weighted by molar-refractivity contribution is -0.384. The standard InChI is InChI=1S/C24H21N3O7/c1-16(24(30)34-15-17-7-3-2-4-8-17)25-22(28)20(26-23(29)21-11-6-12-33-21)14-18-9-5-10-19(13-18)27(31)32/h2-14,16H,15H2,1H3,(H,25,28)(H,26,29)/b20-14-/t16-/m0/s1. The van der Waals surface area contributed by atoms with Gasteiger partial charge in [-0.25, -0.2) is 4.79 Å². The van der Waals surface area contributed by atoms with Crippen molar-refractivity contribution in [2.75, 3.05) is 0 Å². The van der Waals surface area contributed by atoms with Gasteiger partial charge in [0.15, 0.2) is 5.76 Å². The molecule has 0 spiro atoms. The molecule has 0 aliphatic heterocycles. The van der Waals surface area contributed by atoms with Crippen molar-refractivity contribution in [3.8, 4) is 0 Å². The van der Waals surface area contributed by atoms with Crippen LogP contribution in [0.1, 0.15) is 28.6 Å². The van der Waals surface area contributed by atoms with Gasteiger partial charge in [0.1, 0.15) is 18.3 Å². The van der Waals surface area contributed by atoms with E-state index in [0.29, 0.717) is 5.56 Å². The van der Waals surface area contributed by atoms with E-state index < -0.39 is 28.7 Å². The van der Waals surface area contributed by atoms with Crippen LogP contribution in [-0.4, -0.2) is 28.7 Å². The number of esters is 1. The number of nitrogens with zero attached hydrogens (tertiary/aromatic N) is 1. The minimum Gasteiger partial charge on any atom is -0.459 e. The van der Waals surface area contributed by atoms with Crippen molar-refractivity contribution in [3.05, 3.63) is 106 Å². The van der Waals surface area contributed by atoms with E-state index in [9.17, 15) is 24.5 Å². The summed E-state index contributed by atoms with van der Waals surface area (Å²) >= 11 is 0. The first kappa shape index (κ1) is 23.9. The Balaban J connectivity index is 1.75. The second-order valence-corrected chi connectivity index (χ2v) is 7.13. The van der Waals surface area contributed by atoms with Crippen molar-refractivity contribution >= 4 is 29.5 Å². The van der Waals surface area contributed by atoms with E-state index in [2.05, 4.69) is 10.6 Å². The quantitative estimate of drug-likeness (QED) is 0.215. The fourth-order valence-electron chi connectivity index (χ4n) is 2.83. The van der Waals surface area contributed by atoms with Gasteiger partial charge in [0.2, 0.25) is 0 Å². The normalized spacial score (nSPS) is 11.9. The molecular weight excluding hydrogens is 442 g/mol. The second kappa shape index (κ2) is 11.2. The molecule has 10 nitrogen and oxygen atoms in total. The van der Waals surface area contributed by atoms with Gasteiger partial charge in [-0.2, -0.15) is 0 Å². The predicted molar refractivity (Wildman–Crippen MR) is 121 cm³/mol. The zero-order valence-electron chi connectivity index (χ0n) is 18.1. The van der Waals surface area contributed by atoms with Crippen LogP contribution in [0.25, 0.3) is 6.08 Å². The monoisotopic (exact) mass is 463 g/mol. The molecule has 3 rings (SSSR count). The number of carbonyl (C=O) groups is 3. The third kappa shape index (κ3) is 6.63. The van der Waals surface area contributed by atoms with E-state index in [1.165, 1.54) is 55.7 Å². The molecule has 2 N–H and O–H groups in total. The summed E-state index contributed by atoms with van der Waals surface area (Å²) in [7, 11) is 0. The number of furan rings is 1. The molecule has 0 aliphatic carbocycles. The van der Waals surface area contributed by atoms with E-state index in [1.807, 2.05) is 6.07 Å². The molecule has 1 atom stereocenters. The van der Waals surface area contributed by atoms with Gasteiger partial charge in [0.25, 0.3) is 17.5 Å². The van der Waals surface area contributed by atoms with E-state index in [4.69, 9.17) is 9.15 Å². The van der Waals surface area contributed by atoms with Gasteiger partial charge < -0.3 is 19.8 Å². The molecule has 2 amide bonds. The average Bonchev–Trinajstić information content (AvgIpc) is 3.38. The lowest BCUT2D eigenvalue weighted by atomic mass is 10.1. The number of amides is 2. The van der Waals surface area contributed by atoms with Crippen molar-refractivity contribution in [1.82, 2.24) is 10.6 Å². The van der Waals surface area contributed by atoms with Gasteiger partial charge in [-0.05, 0) is 36.3 Å². The van der Waals surface area contributed by atoms with Crippen molar-refractivity contribution in [3.63, 3.8) is 0 Å². The second-order valence-electron chi connectivity index (χ2n) is 7.13. The summed E-state index contributed by atoms with van der Waals surface area (Å²) in [5.74, 6) is -2.23.